The molecular weight excluding hydrogens is 330 g/mol. The average molecular weight is 361 g/mol. The molecule has 0 amide bonds. The van der Waals surface area contributed by atoms with Gasteiger partial charge in [-0.15, -0.1) is 0 Å². The van der Waals surface area contributed by atoms with E-state index >= 15 is 0 Å². The van der Waals surface area contributed by atoms with Crippen LogP contribution in [0.25, 0.3) is 11.2 Å². The van der Waals surface area contributed by atoms with Crippen LogP contribution in [0.1, 0.15) is 52.8 Å². The third-order valence-electron chi connectivity index (χ3n) is 5.33. The van der Waals surface area contributed by atoms with Crippen molar-refractivity contribution in [1.29, 1.82) is 0 Å². The molecule has 0 aliphatic carbocycles. The zero-order chi connectivity index (χ0) is 18.8. The fraction of sp³-hybridized carbons (Fsp3) is 0.737. The third-order valence-corrected chi connectivity index (χ3v) is 5.33. The molecule has 3 rings (SSSR count). The quantitative estimate of drug-likeness (QED) is 0.856. The molecule has 3 heterocycles. The normalized spacial score (nSPS) is 21.5. The Morgan fingerprint density at radius 2 is 1.81 bits per heavy atom. The zero-order valence-corrected chi connectivity index (χ0v) is 16.4. The summed E-state index contributed by atoms with van der Waals surface area (Å²) in [4.78, 5) is 34.4. The van der Waals surface area contributed by atoms with Crippen LogP contribution in [0.15, 0.2) is 9.59 Å². The molecule has 26 heavy (non-hydrogen) atoms. The lowest BCUT2D eigenvalue weighted by Gasteiger charge is -2.34. The van der Waals surface area contributed by atoms with Gasteiger partial charge in [-0.1, -0.05) is 27.2 Å². The Hall–Kier alpha value is -1.89. The summed E-state index contributed by atoms with van der Waals surface area (Å²) in [5.74, 6) is 2.22. The molecule has 1 N–H and O–H groups in total. The van der Waals surface area contributed by atoms with E-state index in [-0.39, 0.29) is 11.2 Å². The first-order valence-corrected chi connectivity index (χ1v) is 9.89. The van der Waals surface area contributed by atoms with Gasteiger partial charge in [0.2, 0.25) is 0 Å². The van der Waals surface area contributed by atoms with Crippen molar-refractivity contribution in [2.75, 3.05) is 13.1 Å². The highest BCUT2D eigenvalue weighted by Gasteiger charge is 2.24. The number of nitrogens with zero attached hydrogens (tertiary/aromatic N) is 4. The van der Waals surface area contributed by atoms with Crippen molar-refractivity contribution < 1.29 is 0 Å². The number of imidazole rings is 1. The number of aromatic nitrogens is 4. The van der Waals surface area contributed by atoms with Gasteiger partial charge in [-0.3, -0.25) is 19.2 Å². The van der Waals surface area contributed by atoms with Crippen LogP contribution >= 0.6 is 0 Å². The van der Waals surface area contributed by atoms with Gasteiger partial charge in [0, 0.05) is 26.2 Å². The van der Waals surface area contributed by atoms with Gasteiger partial charge in [-0.25, -0.2) is 9.78 Å². The smallest absolute Gasteiger partial charge is 0.321 e. The second-order valence-electron chi connectivity index (χ2n) is 7.85. The van der Waals surface area contributed by atoms with Crippen LogP contribution in [0.3, 0.4) is 0 Å². The Balaban J connectivity index is 2.04. The summed E-state index contributed by atoms with van der Waals surface area (Å²) in [6, 6.07) is 0. The number of aromatic amines is 1. The molecule has 144 valence electrons. The molecule has 2 atom stereocenters. The van der Waals surface area contributed by atoms with Crippen LogP contribution < -0.4 is 11.2 Å². The summed E-state index contributed by atoms with van der Waals surface area (Å²) in [7, 11) is 0. The zero-order valence-electron chi connectivity index (χ0n) is 16.4. The van der Waals surface area contributed by atoms with Crippen molar-refractivity contribution in [3.05, 3.63) is 26.7 Å². The molecule has 1 aliphatic heterocycles. The molecule has 0 radical (unpaired) electrons. The summed E-state index contributed by atoms with van der Waals surface area (Å²) in [6.45, 7) is 12.8. The van der Waals surface area contributed by atoms with Gasteiger partial charge in [-0.2, -0.15) is 0 Å². The van der Waals surface area contributed by atoms with E-state index in [0.717, 1.165) is 38.3 Å². The van der Waals surface area contributed by atoms with Crippen LogP contribution in [-0.2, 0) is 19.6 Å². The van der Waals surface area contributed by atoms with E-state index in [4.69, 9.17) is 4.98 Å². The van der Waals surface area contributed by atoms with Gasteiger partial charge in [0.1, 0.15) is 5.82 Å². The number of rotatable bonds is 6. The Labute approximate surface area is 154 Å². The highest BCUT2D eigenvalue weighted by molar-refractivity contribution is 5.71. The monoisotopic (exact) mass is 361 g/mol. The predicted octanol–water partition coefficient (Wildman–Crippen LogP) is 2.18. The van der Waals surface area contributed by atoms with Gasteiger partial charge in [0.05, 0.1) is 6.54 Å². The SMILES string of the molecule is CCCCn1c(=O)[nH]c(=O)c2c1nc(CN1C[C@H](C)C[C@@H](C)C1)n2CC. The lowest BCUT2D eigenvalue weighted by atomic mass is 9.92. The number of likely N-dealkylation sites (tertiary alicyclic amines) is 1. The van der Waals surface area contributed by atoms with Crippen molar-refractivity contribution in [2.24, 2.45) is 11.8 Å². The molecule has 2 aromatic rings. The average Bonchev–Trinajstić information content (AvgIpc) is 2.92. The van der Waals surface area contributed by atoms with Crippen molar-refractivity contribution in [3.8, 4) is 0 Å². The molecule has 7 heteroatoms. The molecule has 0 unspecified atom stereocenters. The number of hydrogen-bond acceptors (Lipinski definition) is 4. The molecule has 1 saturated heterocycles. The minimum Gasteiger partial charge on any atom is -0.321 e. The molecular formula is C19H31N5O2. The van der Waals surface area contributed by atoms with Crippen LogP contribution in [0.2, 0.25) is 0 Å². The van der Waals surface area contributed by atoms with Crippen molar-refractivity contribution in [1.82, 2.24) is 24.0 Å². The number of aryl methyl sites for hydroxylation is 2. The summed E-state index contributed by atoms with van der Waals surface area (Å²) < 4.78 is 3.59. The summed E-state index contributed by atoms with van der Waals surface area (Å²) in [5.41, 5.74) is 0.362. The van der Waals surface area contributed by atoms with E-state index in [1.54, 1.807) is 4.57 Å². The maximum Gasteiger partial charge on any atom is 0.330 e. The van der Waals surface area contributed by atoms with Gasteiger partial charge in [-0.05, 0) is 31.6 Å². The Kier molecular flexibility index (Phi) is 5.65. The number of fused-ring (bicyclic) bond motifs is 1. The van der Waals surface area contributed by atoms with E-state index in [2.05, 4.69) is 30.7 Å². The lowest BCUT2D eigenvalue weighted by molar-refractivity contribution is 0.130. The Morgan fingerprint density at radius 1 is 1.12 bits per heavy atom. The summed E-state index contributed by atoms with van der Waals surface area (Å²) >= 11 is 0. The third kappa shape index (κ3) is 3.63. The van der Waals surface area contributed by atoms with Crippen LogP contribution in [0, 0.1) is 11.8 Å². The Morgan fingerprint density at radius 3 is 2.42 bits per heavy atom. The maximum atomic E-state index is 12.5. The highest BCUT2D eigenvalue weighted by Crippen LogP contribution is 2.23. The molecule has 1 aliphatic rings. The van der Waals surface area contributed by atoms with E-state index in [1.807, 2.05) is 11.5 Å². The molecule has 0 aromatic carbocycles. The standard InChI is InChI=1S/C19H31N5O2/c1-5-7-8-24-17-16(18(25)21-19(24)26)23(6-2)15(20-17)12-22-10-13(3)9-14(4)11-22/h13-14H,5-12H2,1-4H3,(H,21,25,26)/t13-,14-/m1/s1. The topological polar surface area (TPSA) is 75.9 Å². The first-order valence-electron chi connectivity index (χ1n) is 9.89. The lowest BCUT2D eigenvalue weighted by Crippen LogP contribution is -2.38. The second-order valence-corrected chi connectivity index (χ2v) is 7.85. The minimum atomic E-state index is -0.358. The van der Waals surface area contributed by atoms with Crippen molar-refractivity contribution in [3.63, 3.8) is 0 Å². The van der Waals surface area contributed by atoms with Crippen LogP contribution in [-0.4, -0.2) is 37.1 Å². The van der Waals surface area contributed by atoms with E-state index in [0.29, 0.717) is 36.1 Å². The number of nitrogens with one attached hydrogen (secondary N) is 1. The fourth-order valence-electron chi connectivity index (χ4n) is 4.32. The van der Waals surface area contributed by atoms with Gasteiger partial charge < -0.3 is 4.57 Å². The van der Waals surface area contributed by atoms with E-state index < -0.39 is 0 Å². The van der Waals surface area contributed by atoms with Crippen molar-refractivity contribution in [2.45, 2.75) is 66.6 Å². The number of unbranched alkanes of at least 4 members (excludes halogenated alkanes) is 1. The van der Waals surface area contributed by atoms with E-state index in [9.17, 15) is 9.59 Å². The maximum absolute atomic E-state index is 12.5. The first kappa shape index (κ1) is 18.9. The van der Waals surface area contributed by atoms with Gasteiger partial charge in [0.25, 0.3) is 5.56 Å². The van der Waals surface area contributed by atoms with Crippen molar-refractivity contribution >= 4 is 11.2 Å². The number of piperidine rings is 1. The van der Waals surface area contributed by atoms with Gasteiger partial charge >= 0.3 is 5.69 Å². The van der Waals surface area contributed by atoms with Crippen LogP contribution in [0.5, 0.6) is 0 Å². The molecule has 7 nitrogen and oxygen atoms in total. The molecule has 0 bridgehead atoms. The fourth-order valence-corrected chi connectivity index (χ4v) is 4.32. The van der Waals surface area contributed by atoms with E-state index in [1.165, 1.54) is 6.42 Å². The first-order chi connectivity index (χ1) is 12.4. The molecule has 1 fully saturated rings. The summed E-state index contributed by atoms with van der Waals surface area (Å²) in [5, 5.41) is 0. The predicted molar refractivity (Wildman–Crippen MR) is 103 cm³/mol. The van der Waals surface area contributed by atoms with Gasteiger partial charge in [0.15, 0.2) is 11.2 Å². The summed E-state index contributed by atoms with van der Waals surface area (Å²) in [6.07, 6.45) is 3.13. The molecule has 0 spiro atoms. The number of hydrogen-bond donors (Lipinski definition) is 1. The molecule has 0 saturated carbocycles. The van der Waals surface area contributed by atoms with Crippen LogP contribution in [0.4, 0.5) is 0 Å². The molecule has 2 aromatic heterocycles. The minimum absolute atomic E-state index is 0.335. The Bertz CT molecular complexity index is 868. The highest BCUT2D eigenvalue weighted by atomic mass is 16.2. The number of H-pyrrole nitrogens is 1. The largest absolute Gasteiger partial charge is 0.330 e. The second kappa shape index (κ2) is 7.78.